The van der Waals surface area contributed by atoms with Crippen LogP contribution < -0.4 is 56.5 Å². The molecule has 1 nitrogen and oxygen atoms in total. The predicted octanol–water partition coefficient (Wildman–Crippen LogP) is -0.803. The van der Waals surface area contributed by atoms with E-state index in [0.717, 1.165) is 29.5 Å². The molecule has 0 atom stereocenters. The van der Waals surface area contributed by atoms with E-state index < -0.39 is 0 Å². The Morgan fingerprint density at radius 3 is 2.23 bits per heavy atom. The summed E-state index contributed by atoms with van der Waals surface area (Å²) in [5.74, 6) is 0.250. The van der Waals surface area contributed by atoms with Crippen LogP contribution >= 0.6 is 0 Å². The zero-order chi connectivity index (χ0) is 9.14. The SMILES string of the molecule is CCc1ccc(C)c(CC)c1[O-].[K+]. The van der Waals surface area contributed by atoms with Gasteiger partial charge in [0.2, 0.25) is 0 Å². The Morgan fingerprint density at radius 1 is 1.15 bits per heavy atom. The summed E-state index contributed by atoms with van der Waals surface area (Å²) >= 11 is 0. The fraction of sp³-hybridized carbons (Fsp3) is 0.455. The van der Waals surface area contributed by atoms with Crippen LogP contribution in [0.1, 0.15) is 30.5 Å². The first-order chi connectivity index (χ1) is 5.70. The van der Waals surface area contributed by atoms with Crippen LogP contribution in [0.15, 0.2) is 12.1 Å². The minimum Gasteiger partial charge on any atom is -0.872 e. The minimum atomic E-state index is 0. The summed E-state index contributed by atoms with van der Waals surface area (Å²) < 4.78 is 0. The summed E-state index contributed by atoms with van der Waals surface area (Å²) in [6, 6.07) is 3.98. The smallest absolute Gasteiger partial charge is 0.872 e. The zero-order valence-electron chi connectivity index (χ0n) is 8.98. The maximum Gasteiger partial charge on any atom is 1.00 e. The monoisotopic (exact) mass is 202 g/mol. The van der Waals surface area contributed by atoms with Gasteiger partial charge in [-0.15, -0.1) is 5.75 Å². The van der Waals surface area contributed by atoms with Gasteiger partial charge in [-0.2, -0.15) is 0 Å². The van der Waals surface area contributed by atoms with Crippen molar-refractivity contribution in [3.63, 3.8) is 0 Å². The molecule has 0 aliphatic heterocycles. The Labute approximate surface area is 123 Å². The molecule has 0 saturated heterocycles. The number of hydrogen-bond acceptors (Lipinski definition) is 1. The second-order valence-corrected chi connectivity index (χ2v) is 3.06. The summed E-state index contributed by atoms with van der Waals surface area (Å²) in [4.78, 5) is 0. The van der Waals surface area contributed by atoms with Crippen LogP contribution in [0.5, 0.6) is 5.75 Å². The Kier molecular flexibility index (Phi) is 6.51. The van der Waals surface area contributed by atoms with E-state index in [1.807, 2.05) is 32.9 Å². The van der Waals surface area contributed by atoms with Crippen molar-refractivity contribution in [1.82, 2.24) is 0 Å². The Bertz CT molecular complexity index is 282. The van der Waals surface area contributed by atoms with Gasteiger partial charge in [-0.3, -0.25) is 0 Å². The van der Waals surface area contributed by atoms with E-state index in [4.69, 9.17) is 0 Å². The third kappa shape index (κ3) is 3.06. The third-order valence-corrected chi connectivity index (χ3v) is 2.31. The normalized spacial score (nSPS) is 9.46. The van der Waals surface area contributed by atoms with Crippen LogP contribution in [0, 0.1) is 6.92 Å². The van der Waals surface area contributed by atoms with Crippen molar-refractivity contribution in [2.75, 3.05) is 0 Å². The summed E-state index contributed by atoms with van der Waals surface area (Å²) in [6.07, 6.45) is 1.69. The molecule has 1 aromatic carbocycles. The zero-order valence-corrected chi connectivity index (χ0v) is 12.1. The van der Waals surface area contributed by atoms with Gasteiger partial charge in [0.15, 0.2) is 0 Å². The van der Waals surface area contributed by atoms with E-state index in [-0.39, 0.29) is 57.1 Å². The maximum atomic E-state index is 11.7. The van der Waals surface area contributed by atoms with E-state index in [1.54, 1.807) is 0 Å². The number of rotatable bonds is 2. The average Bonchev–Trinajstić information content (AvgIpc) is 2.06. The van der Waals surface area contributed by atoms with Gasteiger partial charge in [0.05, 0.1) is 0 Å². The summed E-state index contributed by atoms with van der Waals surface area (Å²) in [6.45, 7) is 6.05. The molecule has 0 radical (unpaired) electrons. The van der Waals surface area contributed by atoms with Crippen molar-refractivity contribution < 1.29 is 56.5 Å². The molecule has 0 aromatic heterocycles. The maximum absolute atomic E-state index is 11.7. The number of aryl methyl sites for hydroxylation is 2. The molecule has 0 unspecified atom stereocenters. The van der Waals surface area contributed by atoms with Crippen LogP contribution in [0.3, 0.4) is 0 Å². The molecule has 0 fully saturated rings. The van der Waals surface area contributed by atoms with Gasteiger partial charge in [-0.1, -0.05) is 37.1 Å². The topological polar surface area (TPSA) is 23.1 Å². The molecule has 0 bridgehead atoms. The van der Waals surface area contributed by atoms with Gasteiger partial charge in [0.1, 0.15) is 0 Å². The number of benzene rings is 1. The predicted molar refractivity (Wildman–Crippen MR) is 49.4 cm³/mol. The molecule has 0 amide bonds. The average molecular weight is 202 g/mol. The van der Waals surface area contributed by atoms with Gasteiger partial charge >= 0.3 is 51.4 Å². The molecule has 0 aliphatic rings. The molecule has 1 aromatic rings. The van der Waals surface area contributed by atoms with Gasteiger partial charge in [0.25, 0.3) is 0 Å². The van der Waals surface area contributed by atoms with Crippen LogP contribution in [-0.4, -0.2) is 0 Å². The fourth-order valence-electron chi connectivity index (χ4n) is 1.49. The fourth-order valence-corrected chi connectivity index (χ4v) is 1.49. The van der Waals surface area contributed by atoms with Crippen LogP contribution in [0.2, 0.25) is 0 Å². The second-order valence-electron chi connectivity index (χ2n) is 3.06. The summed E-state index contributed by atoms with van der Waals surface area (Å²) in [7, 11) is 0. The molecule has 66 valence electrons. The van der Waals surface area contributed by atoms with Crippen molar-refractivity contribution in [3.05, 3.63) is 28.8 Å². The van der Waals surface area contributed by atoms with Crippen molar-refractivity contribution >= 4 is 0 Å². The molecule has 13 heavy (non-hydrogen) atoms. The molecule has 1 rings (SSSR count). The van der Waals surface area contributed by atoms with Crippen LogP contribution in [0.25, 0.3) is 0 Å². The molecule has 0 N–H and O–H groups in total. The van der Waals surface area contributed by atoms with E-state index in [2.05, 4.69) is 0 Å². The summed E-state index contributed by atoms with van der Waals surface area (Å²) in [5, 5.41) is 11.7. The molecule has 0 heterocycles. The molecule has 0 aliphatic carbocycles. The first-order valence-electron chi connectivity index (χ1n) is 4.49. The first kappa shape index (κ1) is 13.7. The Hall–Kier alpha value is 0.656. The molecule has 0 spiro atoms. The van der Waals surface area contributed by atoms with Gasteiger partial charge in [-0.05, 0) is 25.3 Å². The van der Waals surface area contributed by atoms with Gasteiger partial charge < -0.3 is 5.11 Å². The van der Waals surface area contributed by atoms with Crippen molar-refractivity contribution in [3.8, 4) is 5.75 Å². The quantitative estimate of drug-likeness (QED) is 0.576. The number of hydrogen-bond donors (Lipinski definition) is 0. The largest absolute Gasteiger partial charge is 1.00 e. The van der Waals surface area contributed by atoms with Crippen LogP contribution in [0.4, 0.5) is 0 Å². The van der Waals surface area contributed by atoms with Crippen molar-refractivity contribution in [2.24, 2.45) is 0 Å². The van der Waals surface area contributed by atoms with Crippen molar-refractivity contribution in [2.45, 2.75) is 33.6 Å². The van der Waals surface area contributed by atoms with E-state index >= 15 is 0 Å². The van der Waals surface area contributed by atoms with Crippen molar-refractivity contribution in [1.29, 1.82) is 0 Å². The van der Waals surface area contributed by atoms with Gasteiger partial charge in [0, 0.05) is 0 Å². The Morgan fingerprint density at radius 2 is 1.77 bits per heavy atom. The second kappa shape index (κ2) is 6.20. The summed E-state index contributed by atoms with van der Waals surface area (Å²) in [5.41, 5.74) is 3.05. The van der Waals surface area contributed by atoms with E-state index in [0.29, 0.717) is 0 Å². The van der Waals surface area contributed by atoms with E-state index in [9.17, 15) is 5.11 Å². The first-order valence-corrected chi connectivity index (χ1v) is 4.49. The molecular weight excluding hydrogens is 187 g/mol. The minimum absolute atomic E-state index is 0. The van der Waals surface area contributed by atoms with E-state index in [1.165, 1.54) is 0 Å². The molecule has 2 heteroatoms. The van der Waals surface area contributed by atoms with Crippen LogP contribution in [-0.2, 0) is 12.8 Å². The standard InChI is InChI=1S/C11H16O.K/c1-4-9-7-6-8(3)10(5-2)11(9)12;/h6-7,12H,4-5H2,1-3H3;/q;+1/p-1. The Balaban J connectivity index is 0.00000144. The molecule has 0 saturated carbocycles. The third-order valence-electron chi connectivity index (χ3n) is 2.31. The molecular formula is C11H15KO. The van der Waals surface area contributed by atoms with Gasteiger partial charge in [-0.25, -0.2) is 0 Å².